The Bertz CT molecular complexity index is 826. The highest BCUT2D eigenvalue weighted by molar-refractivity contribution is 5.93. The molecule has 0 spiro atoms. The van der Waals surface area contributed by atoms with E-state index in [1.54, 1.807) is 30.0 Å². The Morgan fingerprint density at radius 2 is 1.63 bits per heavy atom. The Kier molecular flexibility index (Phi) is 5.64. The fraction of sp³-hybridized carbons (Fsp3) is 0.333. The monoisotopic (exact) mass is 369 g/mol. The summed E-state index contributed by atoms with van der Waals surface area (Å²) in [5.41, 5.74) is 2.66. The number of esters is 1. The molecule has 0 aromatic heterocycles. The molecular formula is C21H23NO5. The summed E-state index contributed by atoms with van der Waals surface area (Å²) in [6.07, 6.45) is -0.0738. The standard InChI is InChI=1S/C21H23NO5/c1-14(20(23)22-9-8-15-6-4-5-7-16(15)13-22)27-21(24)17-10-18(25-2)12-19(11-17)26-3/h4-7,10-12,14H,8-9,13H2,1-3H3/t14-/m1/s1. The Labute approximate surface area is 158 Å². The van der Waals surface area contributed by atoms with Gasteiger partial charge in [-0.05, 0) is 36.6 Å². The van der Waals surface area contributed by atoms with Crippen molar-refractivity contribution in [1.82, 2.24) is 4.90 Å². The summed E-state index contributed by atoms with van der Waals surface area (Å²) in [5.74, 6) is 0.166. The first-order valence-electron chi connectivity index (χ1n) is 8.81. The van der Waals surface area contributed by atoms with Crippen LogP contribution in [0.3, 0.4) is 0 Å². The number of ether oxygens (including phenoxy) is 3. The highest BCUT2D eigenvalue weighted by atomic mass is 16.5. The lowest BCUT2D eigenvalue weighted by atomic mass is 9.99. The van der Waals surface area contributed by atoms with Gasteiger partial charge < -0.3 is 19.1 Å². The molecule has 6 nitrogen and oxygen atoms in total. The van der Waals surface area contributed by atoms with E-state index < -0.39 is 12.1 Å². The van der Waals surface area contributed by atoms with E-state index in [2.05, 4.69) is 6.07 Å². The molecule has 0 saturated heterocycles. The molecule has 1 heterocycles. The molecule has 1 aliphatic heterocycles. The third-order valence-corrected chi connectivity index (χ3v) is 4.66. The topological polar surface area (TPSA) is 65.1 Å². The van der Waals surface area contributed by atoms with Gasteiger partial charge in [-0.1, -0.05) is 24.3 Å². The molecule has 0 saturated carbocycles. The lowest BCUT2D eigenvalue weighted by molar-refractivity contribution is -0.140. The van der Waals surface area contributed by atoms with Crippen LogP contribution in [0.5, 0.6) is 11.5 Å². The van der Waals surface area contributed by atoms with Gasteiger partial charge in [-0.25, -0.2) is 4.79 Å². The van der Waals surface area contributed by atoms with Gasteiger partial charge >= 0.3 is 5.97 Å². The maximum absolute atomic E-state index is 12.7. The maximum atomic E-state index is 12.7. The molecule has 3 rings (SSSR count). The highest BCUT2D eigenvalue weighted by Gasteiger charge is 2.27. The van der Waals surface area contributed by atoms with Crippen molar-refractivity contribution in [2.24, 2.45) is 0 Å². The predicted molar refractivity (Wildman–Crippen MR) is 100.0 cm³/mol. The highest BCUT2D eigenvalue weighted by Crippen LogP contribution is 2.24. The van der Waals surface area contributed by atoms with E-state index in [1.807, 2.05) is 18.2 Å². The number of carbonyl (C=O) groups is 2. The third-order valence-electron chi connectivity index (χ3n) is 4.66. The minimum atomic E-state index is -0.875. The van der Waals surface area contributed by atoms with E-state index in [0.717, 1.165) is 12.0 Å². The normalized spacial score (nSPS) is 14.1. The van der Waals surface area contributed by atoms with Crippen LogP contribution in [0.4, 0.5) is 0 Å². The van der Waals surface area contributed by atoms with Crippen molar-refractivity contribution in [1.29, 1.82) is 0 Å². The Hall–Kier alpha value is -3.02. The Balaban J connectivity index is 1.67. The number of carbonyl (C=O) groups excluding carboxylic acids is 2. The van der Waals surface area contributed by atoms with E-state index in [1.165, 1.54) is 19.8 Å². The van der Waals surface area contributed by atoms with Crippen LogP contribution in [0.1, 0.15) is 28.4 Å². The summed E-state index contributed by atoms with van der Waals surface area (Å²) in [5, 5.41) is 0. The van der Waals surface area contributed by atoms with Crippen LogP contribution in [0.25, 0.3) is 0 Å². The van der Waals surface area contributed by atoms with Crippen molar-refractivity contribution in [3.63, 3.8) is 0 Å². The summed E-state index contributed by atoms with van der Waals surface area (Å²) in [6.45, 7) is 2.74. The van der Waals surface area contributed by atoms with Crippen LogP contribution in [0, 0.1) is 0 Å². The number of hydrogen-bond donors (Lipinski definition) is 0. The molecule has 1 amide bonds. The molecule has 0 bridgehead atoms. The molecule has 0 unspecified atom stereocenters. The molecule has 27 heavy (non-hydrogen) atoms. The Morgan fingerprint density at radius 3 is 2.26 bits per heavy atom. The number of benzene rings is 2. The molecule has 6 heteroatoms. The van der Waals surface area contributed by atoms with Gasteiger partial charge in [-0.2, -0.15) is 0 Å². The van der Waals surface area contributed by atoms with Crippen LogP contribution < -0.4 is 9.47 Å². The summed E-state index contributed by atoms with van der Waals surface area (Å²) < 4.78 is 15.7. The summed E-state index contributed by atoms with van der Waals surface area (Å²) in [4.78, 5) is 26.9. The summed E-state index contributed by atoms with van der Waals surface area (Å²) in [7, 11) is 3.01. The first-order valence-corrected chi connectivity index (χ1v) is 8.81. The minimum absolute atomic E-state index is 0.201. The van der Waals surface area contributed by atoms with Gasteiger partial charge in [0.1, 0.15) is 11.5 Å². The fourth-order valence-electron chi connectivity index (χ4n) is 3.15. The average Bonchev–Trinajstić information content (AvgIpc) is 2.72. The van der Waals surface area contributed by atoms with Gasteiger partial charge in [0.25, 0.3) is 5.91 Å². The van der Waals surface area contributed by atoms with Gasteiger partial charge in [0.2, 0.25) is 0 Å². The number of rotatable bonds is 5. The minimum Gasteiger partial charge on any atom is -0.497 e. The molecule has 2 aromatic carbocycles. The van der Waals surface area contributed by atoms with Crippen molar-refractivity contribution >= 4 is 11.9 Å². The van der Waals surface area contributed by atoms with Crippen LogP contribution >= 0.6 is 0 Å². The zero-order valence-corrected chi connectivity index (χ0v) is 15.7. The second kappa shape index (κ2) is 8.12. The second-order valence-electron chi connectivity index (χ2n) is 6.43. The van der Waals surface area contributed by atoms with Crippen LogP contribution in [-0.2, 0) is 22.5 Å². The van der Waals surface area contributed by atoms with Crippen molar-refractivity contribution in [3.05, 3.63) is 59.2 Å². The lowest BCUT2D eigenvalue weighted by Gasteiger charge is -2.30. The maximum Gasteiger partial charge on any atom is 0.339 e. The molecule has 142 valence electrons. The molecule has 0 radical (unpaired) electrons. The lowest BCUT2D eigenvalue weighted by Crippen LogP contribution is -2.42. The molecule has 1 aliphatic rings. The predicted octanol–water partition coefficient (Wildman–Crippen LogP) is 2.83. The van der Waals surface area contributed by atoms with Gasteiger partial charge in [-0.15, -0.1) is 0 Å². The van der Waals surface area contributed by atoms with Gasteiger partial charge in [0, 0.05) is 19.2 Å². The van der Waals surface area contributed by atoms with Crippen LogP contribution in [-0.4, -0.2) is 43.6 Å². The van der Waals surface area contributed by atoms with Crippen LogP contribution in [0.2, 0.25) is 0 Å². The van der Waals surface area contributed by atoms with Crippen LogP contribution in [0.15, 0.2) is 42.5 Å². The Morgan fingerprint density at radius 1 is 1.00 bits per heavy atom. The van der Waals surface area contributed by atoms with Crippen molar-refractivity contribution < 1.29 is 23.8 Å². The van der Waals surface area contributed by atoms with Gasteiger partial charge in [0.05, 0.1) is 19.8 Å². The summed E-state index contributed by atoms with van der Waals surface area (Å²) >= 11 is 0. The second-order valence-corrected chi connectivity index (χ2v) is 6.43. The van der Waals surface area contributed by atoms with E-state index >= 15 is 0 Å². The molecule has 2 aromatic rings. The molecular weight excluding hydrogens is 346 g/mol. The number of nitrogens with zero attached hydrogens (tertiary/aromatic N) is 1. The molecule has 1 atom stereocenters. The van der Waals surface area contributed by atoms with Gasteiger partial charge in [-0.3, -0.25) is 4.79 Å². The number of hydrogen-bond acceptors (Lipinski definition) is 5. The fourth-order valence-corrected chi connectivity index (χ4v) is 3.15. The number of methoxy groups -OCH3 is 2. The zero-order chi connectivity index (χ0) is 19.4. The smallest absolute Gasteiger partial charge is 0.339 e. The van der Waals surface area contributed by atoms with E-state index in [0.29, 0.717) is 24.6 Å². The van der Waals surface area contributed by atoms with E-state index in [-0.39, 0.29) is 11.5 Å². The van der Waals surface area contributed by atoms with E-state index in [9.17, 15) is 9.59 Å². The molecule has 0 N–H and O–H groups in total. The third kappa shape index (κ3) is 4.22. The largest absolute Gasteiger partial charge is 0.497 e. The van der Waals surface area contributed by atoms with Gasteiger partial charge in [0.15, 0.2) is 6.10 Å². The first kappa shape index (κ1) is 18.8. The van der Waals surface area contributed by atoms with E-state index in [4.69, 9.17) is 14.2 Å². The van der Waals surface area contributed by atoms with Crippen molar-refractivity contribution in [3.8, 4) is 11.5 Å². The SMILES string of the molecule is COc1cc(OC)cc(C(=O)O[C@H](C)C(=O)N2CCc3ccccc3C2)c1. The summed E-state index contributed by atoms with van der Waals surface area (Å²) in [6, 6.07) is 12.8. The molecule has 0 fully saturated rings. The molecule has 0 aliphatic carbocycles. The average molecular weight is 369 g/mol. The first-order chi connectivity index (χ1) is 13.0. The zero-order valence-electron chi connectivity index (χ0n) is 15.7. The number of fused-ring (bicyclic) bond motifs is 1. The number of amides is 1. The quantitative estimate of drug-likeness (QED) is 0.759. The van der Waals surface area contributed by atoms with Crippen molar-refractivity contribution in [2.45, 2.75) is 26.0 Å². The van der Waals surface area contributed by atoms with Crippen molar-refractivity contribution in [2.75, 3.05) is 20.8 Å².